The average molecular weight is 350 g/mol. The second kappa shape index (κ2) is 7.92. The molecule has 4 nitrogen and oxygen atoms in total. The Kier molecular flexibility index (Phi) is 5.85. The van der Waals surface area contributed by atoms with Crippen LogP contribution in [0.3, 0.4) is 0 Å². The summed E-state index contributed by atoms with van der Waals surface area (Å²) in [5.41, 5.74) is 2.65. The Hall–Kier alpha value is -1.33. The summed E-state index contributed by atoms with van der Waals surface area (Å²) in [4.78, 5) is 5.13. The van der Waals surface area contributed by atoms with Gasteiger partial charge in [-0.3, -0.25) is 4.90 Å². The van der Waals surface area contributed by atoms with Crippen LogP contribution >= 0.6 is 0 Å². The van der Waals surface area contributed by atoms with Gasteiger partial charge in [0.25, 0.3) is 0 Å². The quantitative estimate of drug-likeness (QED) is 0.786. The van der Waals surface area contributed by atoms with Crippen LogP contribution in [-0.2, 0) is 6.42 Å². The van der Waals surface area contributed by atoms with Gasteiger partial charge in [0, 0.05) is 31.7 Å². The minimum atomic E-state index is -0.487. The lowest BCUT2D eigenvalue weighted by molar-refractivity contribution is 0.0294. The first-order valence-corrected chi connectivity index (χ1v) is 9.37. The normalized spacial score (nSPS) is 24.1. The molecule has 0 spiro atoms. The number of hydrogen-bond acceptors (Lipinski definition) is 4. The van der Waals surface area contributed by atoms with Crippen LogP contribution in [0.5, 0.6) is 11.5 Å². The summed E-state index contributed by atoms with van der Waals surface area (Å²) >= 11 is 0. The van der Waals surface area contributed by atoms with Crippen molar-refractivity contribution in [3.63, 3.8) is 0 Å². The van der Waals surface area contributed by atoms with Crippen molar-refractivity contribution >= 4 is 0 Å². The van der Waals surface area contributed by atoms with E-state index in [0.717, 1.165) is 32.0 Å². The molecule has 2 aliphatic rings. The molecule has 0 saturated carbocycles. The molecule has 140 valence electrons. The van der Waals surface area contributed by atoms with Crippen molar-refractivity contribution in [3.05, 3.63) is 23.3 Å². The maximum atomic E-state index is 12.5. The van der Waals surface area contributed by atoms with E-state index in [0.29, 0.717) is 23.6 Å². The number of halogens is 1. The number of hydrogen-bond donors (Lipinski definition) is 0. The molecule has 2 heterocycles. The molecule has 1 aromatic carbocycles. The molecule has 3 rings (SSSR count). The monoisotopic (exact) mass is 350 g/mol. The Morgan fingerprint density at radius 1 is 1.24 bits per heavy atom. The largest absolute Gasteiger partial charge is 0.493 e. The summed E-state index contributed by atoms with van der Waals surface area (Å²) in [6, 6.07) is 5.20. The van der Waals surface area contributed by atoms with Gasteiger partial charge in [-0.05, 0) is 49.1 Å². The van der Waals surface area contributed by atoms with Crippen LogP contribution in [0.2, 0.25) is 0 Å². The fourth-order valence-electron chi connectivity index (χ4n) is 4.24. The summed E-state index contributed by atoms with van der Waals surface area (Å²) in [5.74, 6) is 2.09. The number of fused-ring (bicyclic) bond motifs is 3. The number of benzene rings is 1. The predicted octanol–water partition coefficient (Wildman–Crippen LogP) is 3.30. The van der Waals surface area contributed by atoms with Gasteiger partial charge in [-0.1, -0.05) is 13.8 Å². The summed E-state index contributed by atoms with van der Waals surface area (Å²) in [5, 5.41) is 0. The highest BCUT2D eigenvalue weighted by molar-refractivity contribution is 5.49. The molecular formula is C20H31FN2O2. The first kappa shape index (κ1) is 18.5. The van der Waals surface area contributed by atoms with E-state index in [9.17, 15) is 4.39 Å². The molecule has 25 heavy (non-hydrogen) atoms. The molecule has 0 radical (unpaired) electrons. The number of piperazine rings is 1. The van der Waals surface area contributed by atoms with Gasteiger partial charge < -0.3 is 14.4 Å². The van der Waals surface area contributed by atoms with Crippen LogP contribution < -0.4 is 9.47 Å². The van der Waals surface area contributed by atoms with Crippen LogP contribution in [-0.4, -0.2) is 62.9 Å². The van der Waals surface area contributed by atoms with Crippen molar-refractivity contribution in [1.82, 2.24) is 9.80 Å². The standard InChI is InChI=1S/C20H31FN2O2/c1-14(2)9-16-12-23-7-5-15-10-20(25-8-6-21)19(24-4)11-17(15)18(23)13-22(16)3/h10-11,14,16,18H,5-9,12-13H2,1-4H3/t16-,18-/m1/s1. The molecule has 0 amide bonds. The Labute approximate surface area is 150 Å². The lowest BCUT2D eigenvalue weighted by Gasteiger charge is -2.48. The minimum Gasteiger partial charge on any atom is -0.493 e. The minimum absolute atomic E-state index is 0.0737. The molecule has 0 unspecified atom stereocenters. The fourth-order valence-corrected chi connectivity index (χ4v) is 4.24. The molecule has 1 saturated heterocycles. The van der Waals surface area contributed by atoms with Gasteiger partial charge in [0.05, 0.1) is 7.11 Å². The van der Waals surface area contributed by atoms with E-state index in [-0.39, 0.29) is 6.61 Å². The van der Waals surface area contributed by atoms with Crippen molar-refractivity contribution in [2.45, 2.75) is 38.8 Å². The number of likely N-dealkylation sites (N-methyl/N-ethyl adjacent to an activating group) is 1. The number of rotatable bonds is 6. The van der Waals surface area contributed by atoms with Crippen LogP contribution in [0.1, 0.15) is 37.4 Å². The highest BCUT2D eigenvalue weighted by Crippen LogP contribution is 2.40. The zero-order chi connectivity index (χ0) is 18.0. The number of methoxy groups -OCH3 is 1. The molecule has 0 aromatic heterocycles. The maximum absolute atomic E-state index is 12.5. The molecule has 5 heteroatoms. The first-order chi connectivity index (χ1) is 12.0. The Balaban J connectivity index is 1.84. The topological polar surface area (TPSA) is 24.9 Å². The highest BCUT2D eigenvalue weighted by Gasteiger charge is 2.36. The SMILES string of the molecule is COc1cc2c(cc1OCCF)CCN1C[C@@H](CC(C)C)N(C)C[C@H]21. The maximum Gasteiger partial charge on any atom is 0.161 e. The molecular weight excluding hydrogens is 319 g/mol. The van der Waals surface area contributed by atoms with E-state index in [1.54, 1.807) is 7.11 Å². The van der Waals surface area contributed by atoms with Crippen molar-refractivity contribution in [2.24, 2.45) is 5.92 Å². The second-order valence-corrected chi connectivity index (χ2v) is 7.72. The summed E-state index contributed by atoms with van der Waals surface area (Å²) in [7, 11) is 3.89. The third-order valence-corrected chi connectivity index (χ3v) is 5.50. The van der Waals surface area contributed by atoms with Crippen molar-refractivity contribution in [3.8, 4) is 11.5 Å². The summed E-state index contributed by atoms with van der Waals surface area (Å²) < 4.78 is 23.5. The molecule has 1 fully saturated rings. The van der Waals surface area contributed by atoms with E-state index in [1.807, 2.05) is 0 Å². The smallest absolute Gasteiger partial charge is 0.161 e. The summed E-state index contributed by atoms with van der Waals surface area (Å²) in [6.07, 6.45) is 2.26. The molecule has 1 aromatic rings. The number of nitrogens with zero attached hydrogens (tertiary/aromatic N) is 2. The lowest BCUT2D eigenvalue weighted by atomic mass is 9.88. The zero-order valence-electron chi connectivity index (χ0n) is 15.9. The molecule has 0 aliphatic carbocycles. The van der Waals surface area contributed by atoms with Crippen LogP contribution in [0, 0.1) is 5.92 Å². The number of alkyl halides is 1. The van der Waals surface area contributed by atoms with Gasteiger partial charge in [-0.25, -0.2) is 4.39 Å². The lowest BCUT2D eigenvalue weighted by Crippen LogP contribution is -2.55. The van der Waals surface area contributed by atoms with E-state index < -0.39 is 6.67 Å². The third kappa shape index (κ3) is 3.93. The van der Waals surface area contributed by atoms with Gasteiger partial charge in [-0.15, -0.1) is 0 Å². The first-order valence-electron chi connectivity index (χ1n) is 9.37. The van der Waals surface area contributed by atoms with Crippen molar-refractivity contribution < 1.29 is 13.9 Å². The van der Waals surface area contributed by atoms with E-state index in [4.69, 9.17) is 9.47 Å². The highest BCUT2D eigenvalue weighted by atomic mass is 19.1. The van der Waals surface area contributed by atoms with E-state index in [2.05, 4.69) is 42.8 Å². The Morgan fingerprint density at radius 3 is 2.72 bits per heavy atom. The van der Waals surface area contributed by atoms with Gasteiger partial charge in [-0.2, -0.15) is 0 Å². The molecule has 0 N–H and O–H groups in total. The predicted molar refractivity (Wildman–Crippen MR) is 98.4 cm³/mol. The van der Waals surface area contributed by atoms with Gasteiger partial charge in [0.2, 0.25) is 0 Å². The van der Waals surface area contributed by atoms with Gasteiger partial charge in [0.1, 0.15) is 13.3 Å². The van der Waals surface area contributed by atoms with E-state index in [1.165, 1.54) is 17.5 Å². The third-order valence-electron chi connectivity index (χ3n) is 5.50. The average Bonchev–Trinajstić information content (AvgIpc) is 2.59. The molecule has 2 aliphatic heterocycles. The fraction of sp³-hybridized carbons (Fsp3) is 0.700. The van der Waals surface area contributed by atoms with E-state index >= 15 is 0 Å². The number of ether oxygens (including phenoxy) is 2. The van der Waals surface area contributed by atoms with Crippen molar-refractivity contribution in [1.29, 1.82) is 0 Å². The zero-order valence-corrected chi connectivity index (χ0v) is 15.9. The second-order valence-electron chi connectivity index (χ2n) is 7.72. The Morgan fingerprint density at radius 2 is 2.04 bits per heavy atom. The van der Waals surface area contributed by atoms with Crippen LogP contribution in [0.4, 0.5) is 4.39 Å². The van der Waals surface area contributed by atoms with Crippen molar-refractivity contribution in [2.75, 3.05) is 47.1 Å². The van der Waals surface area contributed by atoms with Crippen LogP contribution in [0.25, 0.3) is 0 Å². The molecule has 0 bridgehead atoms. The molecule has 2 atom stereocenters. The Bertz CT molecular complexity index is 593. The van der Waals surface area contributed by atoms with Gasteiger partial charge in [0.15, 0.2) is 11.5 Å². The summed E-state index contributed by atoms with van der Waals surface area (Å²) in [6.45, 7) is 7.43. The van der Waals surface area contributed by atoms with Crippen LogP contribution in [0.15, 0.2) is 12.1 Å². The van der Waals surface area contributed by atoms with Gasteiger partial charge >= 0.3 is 0 Å².